The number of amides is 4. The number of rotatable bonds is 5. The van der Waals surface area contributed by atoms with Crippen molar-refractivity contribution in [2.75, 3.05) is 18.1 Å². The van der Waals surface area contributed by atoms with Crippen molar-refractivity contribution in [3.63, 3.8) is 0 Å². The predicted molar refractivity (Wildman–Crippen MR) is 260 cm³/mol. The van der Waals surface area contributed by atoms with E-state index in [0.29, 0.717) is 12.2 Å². The van der Waals surface area contributed by atoms with Gasteiger partial charge in [0.15, 0.2) is 17.9 Å². The van der Waals surface area contributed by atoms with Crippen LogP contribution >= 0.6 is 21.6 Å². The van der Waals surface area contributed by atoms with Gasteiger partial charge in [-0.2, -0.15) is 0 Å². The van der Waals surface area contributed by atoms with Crippen molar-refractivity contribution in [1.29, 1.82) is 0 Å². The normalized spacial score (nSPS) is 29.7. The van der Waals surface area contributed by atoms with Gasteiger partial charge in [-0.3, -0.25) is 33.6 Å². The summed E-state index contributed by atoms with van der Waals surface area (Å²) < 4.78 is 17.1. The van der Waals surface area contributed by atoms with Crippen LogP contribution in [0.2, 0.25) is 0 Å². The van der Waals surface area contributed by atoms with E-state index in [1.807, 2.05) is 6.08 Å². The van der Waals surface area contributed by atoms with Crippen LogP contribution in [-0.4, -0.2) is 134 Å². The number of nitrogens with one attached hydrogen (secondary N) is 4. The minimum atomic E-state index is -1.50. The van der Waals surface area contributed by atoms with Crippen LogP contribution in [0.25, 0.3) is 0 Å². The number of Topliss-reactive ketones (excluding diaryl/α,β-unsaturated/α-hetero) is 1. The van der Waals surface area contributed by atoms with Gasteiger partial charge in [-0.15, -0.1) is 0 Å². The van der Waals surface area contributed by atoms with E-state index >= 15 is 0 Å². The highest BCUT2D eigenvalue weighted by Gasteiger charge is 2.48. The first-order valence-electron chi connectivity index (χ1n) is 23.3. The lowest BCUT2D eigenvalue weighted by Gasteiger charge is -2.41. The molecule has 10 N–H and O–H groups in total. The fourth-order valence-electron chi connectivity index (χ4n) is 8.63. The van der Waals surface area contributed by atoms with Crippen LogP contribution in [0.4, 0.5) is 0 Å². The number of hydrogen-bond donors (Lipinski definition) is 9. The minimum absolute atomic E-state index is 0.0344. The third-order valence-electron chi connectivity index (χ3n) is 12.8. The molecular formula is C49H61N5O15S2. The summed E-state index contributed by atoms with van der Waals surface area (Å²) in [6, 6.07) is 3.24. The zero-order valence-electron chi connectivity index (χ0n) is 40.1. The monoisotopic (exact) mass is 1020 g/mol. The molecule has 71 heavy (non-hydrogen) atoms. The third-order valence-corrected chi connectivity index (χ3v) is 15.2. The largest absolute Gasteiger partial charge is 0.507 e. The predicted octanol–water partition coefficient (Wildman–Crippen LogP) is 2.06. The molecule has 0 aromatic heterocycles. The molecule has 0 unspecified atom stereocenters. The zero-order chi connectivity index (χ0) is 52.1. The molecule has 3 aliphatic heterocycles. The summed E-state index contributed by atoms with van der Waals surface area (Å²) in [7, 11) is 2.95. The Bertz CT molecular complexity index is 2510. The van der Waals surface area contributed by atoms with Crippen molar-refractivity contribution >= 4 is 68.5 Å². The van der Waals surface area contributed by atoms with Crippen molar-refractivity contribution in [2.45, 2.75) is 128 Å². The van der Waals surface area contributed by atoms with Crippen molar-refractivity contribution in [3.8, 4) is 11.5 Å². The first-order chi connectivity index (χ1) is 33.6. The molecule has 2 aliphatic carbocycles. The molecule has 3 heterocycles. The van der Waals surface area contributed by atoms with E-state index in [2.05, 4.69) is 21.3 Å². The van der Waals surface area contributed by atoms with Gasteiger partial charge >= 0.3 is 5.97 Å². The van der Waals surface area contributed by atoms with Crippen molar-refractivity contribution < 1.29 is 73.0 Å². The van der Waals surface area contributed by atoms with Gasteiger partial charge in [0.05, 0.1) is 41.9 Å². The molecule has 22 heteroatoms. The molecular weight excluding hydrogens is 963 g/mol. The van der Waals surface area contributed by atoms with Crippen LogP contribution < -0.4 is 27.0 Å². The maximum atomic E-state index is 13.3. The van der Waals surface area contributed by atoms with Crippen LogP contribution in [0.3, 0.4) is 0 Å². The number of allylic oxidation sites excluding steroid dienone is 2. The summed E-state index contributed by atoms with van der Waals surface area (Å²) in [4.78, 5) is 104. The van der Waals surface area contributed by atoms with Gasteiger partial charge in [-0.25, -0.2) is 4.79 Å². The highest BCUT2D eigenvalue weighted by molar-refractivity contribution is 8.76. The Hall–Kier alpha value is -5.62. The number of phenolic OH excluding ortho intramolecular Hbond substituents is 2. The van der Waals surface area contributed by atoms with Crippen LogP contribution in [0.5, 0.6) is 11.5 Å². The van der Waals surface area contributed by atoms with Crippen LogP contribution in [0, 0.1) is 11.8 Å². The van der Waals surface area contributed by atoms with Gasteiger partial charge in [-0.1, -0.05) is 85.7 Å². The van der Waals surface area contributed by atoms with Gasteiger partial charge in [0.25, 0.3) is 5.91 Å². The molecule has 2 saturated heterocycles. The van der Waals surface area contributed by atoms with Gasteiger partial charge in [0, 0.05) is 53.0 Å². The summed E-state index contributed by atoms with van der Waals surface area (Å²) in [5.74, 6) is -5.28. The molecule has 0 radical (unpaired) electrons. The Labute approximate surface area is 418 Å². The topological polar surface area (TPSA) is 319 Å². The average molecular weight is 1020 g/mol. The van der Waals surface area contributed by atoms with E-state index in [0.717, 1.165) is 0 Å². The highest BCUT2D eigenvalue weighted by atomic mass is 33.1. The lowest BCUT2D eigenvalue weighted by molar-refractivity contribution is -0.238. The lowest BCUT2D eigenvalue weighted by atomic mass is 9.71. The molecule has 20 nitrogen and oxygen atoms in total. The molecule has 0 spiro atoms. The van der Waals surface area contributed by atoms with E-state index in [-0.39, 0.29) is 89.0 Å². The van der Waals surface area contributed by atoms with Crippen LogP contribution in [0.15, 0.2) is 48.2 Å². The smallest absolute Gasteiger partial charge is 0.329 e. The van der Waals surface area contributed by atoms with Gasteiger partial charge < -0.3 is 61.6 Å². The Morgan fingerprint density at radius 3 is 2.14 bits per heavy atom. The number of hydrogen-bond acceptors (Lipinski definition) is 18. The molecule has 0 saturated carbocycles. The maximum Gasteiger partial charge on any atom is 0.329 e. The lowest BCUT2D eigenvalue weighted by Crippen LogP contribution is -2.57. The van der Waals surface area contributed by atoms with E-state index in [4.69, 9.17) is 19.9 Å². The number of aliphatic hydroxyl groups excluding tert-OH is 2. The molecule has 2 aromatic carbocycles. The number of ether oxygens (including phenoxy) is 3. The number of nitrogens with two attached hydrogens (primary N) is 1. The first-order valence-corrected chi connectivity index (χ1v) is 25.8. The standard InChI is InChI=1S/C25H25NO9.C24H36N4O6S2/c1-10(27)25(26)7-13-18(16(8-25)35-17-6-14(28)15(29)9-34-17)24(33)20-19(23(13)32)21(30)11-4-2-3-5-12(11)22(20)31;1-6-16-21(30)28-20(14(4)5)24(33)34-15-9-7-8-10-35-36-12-17(22(31)25-16)26-23(32)19(13(2)3)27-18(29)11-15/h2-5,14-17,28-29,32-33H,6-9,26H2,1H3;6-7,9,13-15,17,19-20H,8,10-12H2,1-5H3,(H,25,31)(H,26,32)(H,27,29)(H,28,30)/b;9-7+,16-6-/t14-,15+,16-,17-,25-;15-,17-,19-,20+/m01/s1. The third kappa shape index (κ3) is 12.4. The summed E-state index contributed by atoms with van der Waals surface area (Å²) in [6.07, 6.45) is -0.228. The van der Waals surface area contributed by atoms with Gasteiger partial charge in [-0.05, 0) is 38.2 Å². The Morgan fingerprint density at radius 2 is 1.54 bits per heavy atom. The molecule has 9 atom stereocenters. The van der Waals surface area contributed by atoms with Crippen molar-refractivity contribution in [1.82, 2.24) is 21.3 Å². The van der Waals surface area contributed by atoms with Crippen molar-refractivity contribution in [3.05, 3.63) is 81.6 Å². The number of aromatic hydroxyl groups is 2. The maximum absolute atomic E-state index is 13.3. The second-order valence-corrected chi connectivity index (χ2v) is 21.3. The Morgan fingerprint density at radius 1 is 0.887 bits per heavy atom. The summed E-state index contributed by atoms with van der Waals surface area (Å²) in [5, 5.41) is 52.9. The highest BCUT2D eigenvalue weighted by Crippen LogP contribution is 2.51. The van der Waals surface area contributed by atoms with Gasteiger partial charge in [0.2, 0.25) is 17.7 Å². The summed E-state index contributed by atoms with van der Waals surface area (Å²) in [5.41, 5.74) is 4.42. The van der Waals surface area contributed by atoms with E-state index in [9.17, 15) is 58.8 Å². The number of esters is 1. The number of fused-ring (bicyclic) bond motifs is 10. The Balaban J connectivity index is 0.000000232. The number of phenols is 2. The molecule has 384 valence electrons. The molecule has 5 aliphatic rings. The second-order valence-electron chi connectivity index (χ2n) is 18.6. The number of aliphatic hydroxyl groups is 2. The number of benzene rings is 2. The quantitative estimate of drug-likeness (QED) is 0.0581. The summed E-state index contributed by atoms with van der Waals surface area (Å²) >= 11 is 0. The number of carbonyl (C=O) groups is 8. The number of ketones is 3. The van der Waals surface area contributed by atoms with Crippen molar-refractivity contribution in [2.24, 2.45) is 17.6 Å². The fourth-order valence-corrected chi connectivity index (χ4v) is 10.8. The SMILES string of the molecule is C/C=C1\NC(=O)[C@H]2CSSCC/C=C/[C@H](CC(=O)N[C@H](C(C)C)C(=O)N2)OC(=O)[C@H](C(C)C)NC1=O.CC(=O)[C@]1(N)Cc2c(O)c3c(c(O)c2[C@@H](O[C@H]2C[C@H](O)[C@H](O)CO2)C1)C(=O)c1ccccc1C3=O. The van der Waals surface area contributed by atoms with Crippen LogP contribution in [-0.2, 0) is 49.4 Å². The van der Waals surface area contributed by atoms with E-state index in [1.54, 1.807) is 52.8 Å². The minimum Gasteiger partial charge on any atom is -0.507 e. The van der Waals surface area contributed by atoms with E-state index < -0.39 is 113 Å². The molecule has 2 bridgehead atoms. The Kier molecular flexibility index (Phi) is 17.9. The first kappa shape index (κ1) is 54.7. The second kappa shape index (κ2) is 23.3. The zero-order valence-corrected chi connectivity index (χ0v) is 41.8. The molecule has 2 fully saturated rings. The van der Waals surface area contributed by atoms with Crippen LogP contribution in [0.1, 0.15) is 116 Å². The fraction of sp³-hybridized carbons (Fsp3) is 0.510. The number of carbonyl (C=O) groups excluding carboxylic acids is 8. The summed E-state index contributed by atoms with van der Waals surface area (Å²) in [6.45, 7) is 9.75. The van der Waals surface area contributed by atoms with E-state index in [1.165, 1.54) is 46.7 Å². The molecule has 4 amide bonds. The molecule has 2 aromatic rings. The molecule has 7 rings (SSSR count). The average Bonchev–Trinajstić information content (AvgIpc) is 3.31. The van der Waals surface area contributed by atoms with Gasteiger partial charge in [0.1, 0.15) is 53.3 Å².